The molecule has 9 aliphatic heterocycles. The number of hydrogen-bond acceptors (Lipinski definition) is 33. The zero-order valence-corrected chi connectivity index (χ0v) is 71.4. The minimum atomic E-state index is -2.60. The second kappa shape index (κ2) is 40.8. The number of rotatable bonds is 20. The Balaban J connectivity index is 1.04. The number of carbonyl (C=O) groups excluding carboxylic acids is 9. The monoisotopic (exact) mass is 1880 g/mol. The van der Waals surface area contributed by atoms with Gasteiger partial charge in [0.15, 0.2) is 35.3 Å². The number of fused-ring (bicyclic) bond motifs is 14. The third kappa shape index (κ3) is 20.6. The molecular formula is C88H94Cl2N8O34. The summed E-state index contributed by atoms with van der Waals surface area (Å²) in [6, 6.07) is 1.04. The van der Waals surface area contributed by atoms with Gasteiger partial charge in [-0.1, -0.05) is 86.8 Å². The lowest BCUT2D eigenvalue weighted by molar-refractivity contribution is -0.284. The van der Waals surface area contributed by atoms with Crippen molar-refractivity contribution >= 4 is 82.2 Å². The number of carboxylic acids is 1. The summed E-state index contributed by atoms with van der Waals surface area (Å²) in [6.07, 6.45) is -24.1. The molecular weight excluding hydrogens is 1780 g/mol. The second-order valence-corrected chi connectivity index (χ2v) is 33.3. The predicted octanol–water partition coefficient (Wildman–Crippen LogP) is 1.35. The summed E-state index contributed by atoms with van der Waals surface area (Å²) in [7, 11) is 0. The van der Waals surface area contributed by atoms with Crippen molar-refractivity contribution in [2.75, 3.05) is 19.8 Å². The lowest BCUT2D eigenvalue weighted by atomic mass is 9.89. The van der Waals surface area contributed by atoms with E-state index >= 15 is 24.0 Å². The van der Waals surface area contributed by atoms with Gasteiger partial charge in [-0.2, -0.15) is 0 Å². The average Bonchev–Trinajstić information content (AvgIpc) is 0.757. The number of aromatic hydroxyl groups is 4. The van der Waals surface area contributed by atoms with E-state index in [0.29, 0.717) is 12.8 Å². The summed E-state index contributed by atoms with van der Waals surface area (Å²) in [5.41, 5.74) is -4.40. The molecule has 16 rings (SSSR count). The molecule has 22 atom stereocenters. The molecule has 7 aromatic carbocycles. The fourth-order valence-corrected chi connectivity index (χ4v) is 16.9. The number of aliphatic hydroxyl groups is 10. The molecule has 8 amide bonds. The third-order valence-corrected chi connectivity index (χ3v) is 23.8. The van der Waals surface area contributed by atoms with Crippen molar-refractivity contribution in [3.05, 3.63) is 164 Å². The van der Waals surface area contributed by atoms with Crippen LogP contribution in [0.2, 0.25) is 10.0 Å². The van der Waals surface area contributed by atoms with Crippen LogP contribution in [0.5, 0.6) is 69.0 Å². The molecule has 132 heavy (non-hydrogen) atoms. The largest absolute Gasteiger partial charge is 0.508 e. The number of nitrogens with one attached hydrogen (secondary N) is 8. The van der Waals surface area contributed by atoms with E-state index in [9.17, 15) is 101 Å². The molecule has 0 spiro atoms. The van der Waals surface area contributed by atoms with Crippen LogP contribution in [0.3, 0.4) is 0 Å². The number of carbonyl (C=O) groups is 10. The van der Waals surface area contributed by atoms with Gasteiger partial charge in [-0.25, -0.2) is 4.79 Å². The highest BCUT2D eigenvalue weighted by Gasteiger charge is 2.52. The van der Waals surface area contributed by atoms with E-state index in [2.05, 4.69) is 49.5 Å². The van der Waals surface area contributed by atoms with Crippen molar-refractivity contribution in [2.24, 2.45) is 0 Å². The topological polar surface area (TPSA) is 653 Å². The van der Waals surface area contributed by atoms with Gasteiger partial charge in [0.1, 0.15) is 150 Å². The van der Waals surface area contributed by atoms with Gasteiger partial charge in [-0.3, -0.25) is 43.2 Å². The second-order valence-electron chi connectivity index (χ2n) is 32.5. The number of phenolic OH excluding ortho intramolecular Hbond substituents is 4. The summed E-state index contributed by atoms with van der Waals surface area (Å²) in [4.78, 5) is 152. The van der Waals surface area contributed by atoms with E-state index in [4.69, 9.17) is 65.8 Å². The Kier molecular flexibility index (Phi) is 29.6. The number of Topliss-reactive ketones (excluding diaryl/α,β-unsaturated/α-hetero) is 1. The van der Waals surface area contributed by atoms with Gasteiger partial charge in [-0.15, -0.1) is 0 Å². The molecule has 42 nitrogen and oxygen atoms in total. The van der Waals surface area contributed by atoms with E-state index in [1.807, 2.05) is 0 Å². The van der Waals surface area contributed by atoms with E-state index in [1.165, 1.54) is 18.2 Å². The number of amides is 8. The average molecular weight is 1880 g/mol. The molecule has 7 aromatic rings. The highest BCUT2D eigenvalue weighted by Crippen LogP contribution is 2.51. The summed E-state index contributed by atoms with van der Waals surface area (Å²) < 4.78 is 57.3. The minimum Gasteiger partial charge on any atom is -0.508 e. The van der Waals surface area contributed by atoms with Crippen LogP contribution in [0.15, 0.2) is 115 Å². The van der Waals surface area contributed by atoms with Crippen LogP contribution in [-0.4, -0.2) is 260 Å². The number of phenols is 4. The van der Waals surface area contributed by atoms with E-state index in [-0.39, 0.29) is 28.3 Å². The molecule has 0 saturated carbocycles. The molecule has 9 aliphatic rings. The zero-order valence-electron chi connectivity index (χ0n) is 69.9. The number of benzene rings is 7. The summed E-state index contributed by atoms with van der Waals surface area (Å²) in [5.74, 6) is -22.0. The van der Waals surface area contributed by atoms with Crippen molar-refractivity contribution in [1.82, 2.24) is 42.5 Å². The fourth-order valence-electron chi connectivity index (χ4n) is 16.4. The first kappa shape index (κ1) is 95.7. The Morgan fingerprint density at radius 1 is 0.485 bits per heavy atom. The molecule has 23 N–H and O–H groups in total. The molecule has 3 fully saturated rings. The summed E-state index contributed by atoms with van der Waals surface area (Å²) in [6.45, 7) is -0.143. The predicted molar refractivity (Wildman–Crippen MR) is 451 cm³/mol. The lowest BCUT2D eigenvalue weighted by Crippen LogP contribution is -2.65. The Morgan fingerprint density at radius 2 is 1.05 bits per heavy atom. The quantitative estimate of drug-likeness (QED) is 0.0378. The maximum atomic E-state index is 17.0. The molecule has 3 saturated heterocycles. The number of hydrogen-bond donors (Lipinski definition) is 23. The number of carboxylic acid groups (broad SMARTS) is 1. The maximum Gasteiger partial charge on any atom is 0.330 e. The number of unbranched alkanes of at least 4 members (excludes halogenated alkanes) is 6. The van der Waals surface area contributed by atoms with Gasteiger partial charge in [0.2, 0.25) is 65.5 Å². The van der Waals surface area contributed by atoms with Crippen LogP contribution in [0, 0.1) is 0 Å². The van der Waals surface area contributed by atoms with Crippen molar-refractivity contribution in [1.29, 1.82) is 0 Å². The van der Waals surface area contributed by atoms with Crippen LogP contribution in [0.25, 0.3) is 11.1 Å². The van der Waals surface area contributed by atoms with Crippen LogP contribution in [0.1, 0.15) is 139 Å². The van der Waals surface area contributed by atoms with Crippen LogP contribution in [0.4, 0.5) is 0 Å². The first-order chi connectivity index (χ1) is 63.0. The third-order valence-electron chi connectivity index (χ3n) is 23.2. The van der Waals surface area contributed by atoms with E-state index in [0.717, 1.165) is 136 Å². The van der Waals surface area contributed by atoms with Gasteiger partial charge < -0.3 is 162 Å². The van der Waals surface area contributed by atoms with Crippen molar-refractivity contribution in [3.8, 4) is 80.1 Å². The molecule has 44 heteroatoms. The highest BCUT2D eigenvalue weighted by atomic mass is 35.5. The standard InChI is InChI=1S/C88H94Cl2N8O34/c1-3-4-5-6-7-8-9-10-60(107)93-67-74(113)71(110)58(32-100)129-87(67)132-78-55-26-40-27-56(78)126-52-18-14-38(24-47(52)90)77(131-86-66(91-34(2)102)73(112)70(109)57(31-99)128-86)68-83(120)97-65(85(122)123)45-29-42(104)30-54(127-88-76(115)75(114)72(111)59(33-101)130-88)61(45)44-23-36(12-15-49(44)105)62(80(117)98-68)95-82(119)64(40)96-81(118)63-39-21-41(103)28-43(22-39)124-53-25-37(13-16-50(53)106)69(108)84(121)92-48(79(116)94-63)20-35-11-17-51(125-55)46(89)19-35/h11-19,21-30,48,57-59,62-68,70-77,86-88,99-101,103-106,109-115H,3-10,20,31-33H2,1-2H3,(H,91,102)(H,92,121)(H,93,107)(H,94,116)(H,95,119)(H,96,118)(H,97,120)(H,98,117)(H,122,123)/t48-,57-,58-,59-,62-,63+,64-,65-,66-,67-,68+,70-,71-,72-,73-,74-,75+,76+,77-,86+,87+,88+/m1/s1. The first-order valence-electron chi connectivity index (χ1n) is 41.9. The smallest absolute Gasteiger partial charge is 0.330 e. The Bertz CT molecular complexity index is 5600. The number of ketones is 1. The fraction of sp³-hybridized carbons (Fsp3) is 0.409. The summed E-state index contributed by atoms with van der Waals surface area (Å²) in [5, 5.41) is 190. The zero-order chi connectivity index (χ0) is 94.7. The molecule has 17 bridgehead atoms. The molecule has 704 valence electrons. The van der Waals surface area contributed by atoms with Gasteiger partial charge in [0.05, 0.1) is 29.9 Å². The highest BCUT2D eigenvalue weighted by molar-refractivity contribution is 6.43. The normalized spacial score (nSPS) is 28.3. The van der Waals surface area contributed by atoms with Crippen LogP contribution >= 0.6 is 23.2 Å². The molecule has 0 radical (unpaired) electrons. The number of aliphatic carboxylic acids is 1. The van der Waals surface area contributed by atoms with E-state index < -0.39 is 327 Å². The Labute approximate surface area is 758 Å². The molecule has 0 unspecified atom stereocenters. The molecule has 9 heterocycles. The lowest BCUT2D eigenvalue weighted by Gasteiger charge is -2.44. The number of aliphatic hydroxyl groups excluding tert-OH is 10. The van der Waals surface area contributed by atoms with Crippen molar-refractivity contribution < 1.29 is 167 Å². The number of ether oxygens (including phenoxy) is 9. The molecule has 0 aliphatic carbocycles. The van der Waals surface area contributed by atoms with Crippen molar-refractivity contribution in [3.63, 3.8) is 0 Å². The first-order valence-corrected chi connectivity index (χ1v) is 42.6. The van der Waals surface area contributed by atoms with Crippen molar-refractivity contribution in [2.45, 2.75) is 206 Å². The Hall–Kier alpha value is -12.3. The SMILES string of the molecule is CCCCCCCCCC(=O)N[C@H]1[C@H](Oc2c3cc4cc2Oc2ccc(cc2Cl)[C@@H](O[C@@H]2O[C@H](CO)[C@@H](O)[C@H](O)[C@H]2NC(C)=O)[C@@H]2NC(=O)[C@H](NC(=O)[C@@H]4NC(=O)[C@H]4NC(=O)[C@@H](Cc5ccc(c(Cl)c5)O3)NC(=O)C(=O)c3ccc(O)c(c3)Oc3cc(O)cc4c3)c3ccc(O)c(c3)-c3c(O[C@H]4O[C@H](CO)[C@@H](O)[C@H](O)[C@@H]4O)cc(O)cc3[C@H](C(=O)O)NC2=O)O[C@H](CO)[C@@H](O)[C@@H]1O. The number of halogens is 2. The minimum absolute atomic E-state index is 0.0930. The Morgan fingerprint density at radius 3 is 1.67 bits per heavy atom. The van der Waals surface area contributed by atoms with Crippen LogP contribution in [-0.2, 0) is 68.5 Å². The van der Waals surface area contributed by atoms with Gasteiger partial charge in [0, 0.05) is 54.2 Å². The van der Waals surface area contributed by atoms with Gasteiger partial charge in [0.25, 0.3) is 5.91 Å². The maximum absolute atomic E-state index is 17.0. The molecule has 0 aromatic heterocycles. The van der Waals surface area contributed by atoms with E-state index in [1.54, 1.807) is 0 Å². The van der Waals surface area contributed by atoms with Gasteiger partial charge in [-0.05, 0) is 119 Å². The summed E-state index contributed by atoms with van der Waals surface area (Å²) >= 11 is 14.7. The van der Waals surface area contributed by atoms with Gasteiger partial charge >= 0.3 is 5.97 Å². The van der Waals surface area contributed by atoms with Crippen LogP contribution < -0.4 is 66.2 Å².